The summed E-state index contributed by atoms with van der Waals surface area (Å²) in [6.45, 7) is 1.85. The molecule has 1 aromatic rings. The van der Waals surface area contributed by atoms with Crippen molar-refractivity contribution in [3.05, 3.63) is 18.0 Å². The van der Waals surface area contributed by atoms with Crippen LogP contribution >= 0.6 is 0 Å². The zero-order chi connectivity index (χ0) is 4.41. The molecule has 7 heavy (non-hydrogen) atoms. The van der Waals surface area contributed by atoms with Crippen molar-refractivity contribution in [1.29, 1.82) is 0 Å². The maximum absolute atomic E-state index is 4.34. The minimum absolute atomic E-state index is 0. The second-order valence-electron chi connectivity index (χ2n) is 1.09. The van der Waals surface area contributed by atoms with Gasteiger partial charge in [0.05, 0.1) is 0 Å². The normalized spacial score (nSPS) is 7.57. The molecule has 0 atom stereocenters. The Morgan fingerprint density at radius 2 is 2.57 bits per heavy atom. The minimum Gasteiger partial charge on any atom is -0.480 e. The molecule has 0 spiro atoms. The average Bonchev–Trinajstić information content (AvgIpc) is 1.86. The Balaban J connectivity index is 0.000000360. The monoisotopic (exact) mass is 171 g/mol. The van der Waals surface area contributed by atoms with E-state index in [9.17, 15) is 0 Å². The first kappa shape index (κ1) is 7.31. The van der Waals surface area contributed by atoms with Gasteiger partial charge in [-0.3, -0.25) is 0 Å². The van der Waals surface area contributed by atoms with Crippen LogP contribution in [0, 0.1) is 13.2 Å². The fourth-order valence-electron chi connectivity index (χ4n) is 0.236. The first-order chi connectivity index (χ1) is 2.89. The summed E-state index contributed by atoms with van der Waals surface area (Å²) in [4.78, 5) is 0. The SMILES string of the molecule is Cc1c[c-]on1.[Y]. The van der Waals surface area contributed by atoms with E-state index in [0.29, 0.717) is 0 Å². The van der Waals surface area contributed by atoms with Crippen molar-refractivity contribution in [2.45, 2.75) is 6.92 Å². The molecule has 0 saturated heterocycles. The maximum atomic E-state index is 4.34. The molecule has 3 heteroatoms. The molecule has 2 nitrogen and oxygen atoms in total. The molecule has 0 fully saturated rings. The fourth-order valence-corrected chi connectivity index (χ4v) is 0.236. The van der Waals surface area contributed by atoms with Crippen molar-refractivity contribution < 1.29 is 37.2 Å². The van der Waals surface area contributed by atoms with E-state index in [1.165, 1.54) is 0 Å². The molecule has 1 aromatic heterocycles. The summed E-state index contributed by atoms with van der Waals surface area (Å²) in [5.74, 6) is 0. The molecule has 1 rings (SSSR count). The summed E-state index contributed by atoms with van der Waals surface area (Å²) in [6, 6.07) is 1.68. The molecule has 0 aliphatic heterocycles. The van der Waals surface area contributed by atoms with Crippen LogP contribution in [0.4, 0.5) is 0 Å². The zero-order valence-electron chi connectivity index (χ0n) is 4.01. The van der Waals surface area contributed by atoms with Gasteiger partial charge in [-0.25, -0.2) is 5.16 Å². The summed E-state index contributed by atoms with van der Waals surface area (Å²) in [6.07, 6.45) is 2.44. The number of hydrogen-bond donors (Lipinski definition) is 0. The Kier molecular flexibility index (Phi) is 3.48. The third kappa shape index (κ3) is 2.20. The van der Waals surface area contributed by atoms with E-state index in [2.05, 4.69) is 15.9 Å². The molecule has 1 radical (unpaired) electrons. The molecule has 0 aromatic carbocycles. The van der Waals surface area contributed by atoms with Crippen LogP contribution < -0.4 is 0 Å². The van der Waals surface area contributed by atoms with Crippen LogP contribution in [0.15, 0.2) is 10.6 Å². The van der Waals surface area contributed by atoms with Gasteiger partial charge in [0.25, 0.3) is 0 Å². The van der Waals surface area contributed by atoms with E-state index in [4.69, 9.17) is 0 Å². The number of rotatable bonds is 0. The largest absolute Gasteiger partial charge is 0.480 e. The molecular formula is C4H4NOY-. The Morgan fingerprint density at radius 3 is 2.71 bits per heavy atom. The molecule has 0 aliphatic rings. The summed E-state index contributed by atoms with van der Waals surface area (Å²) in [5, 5.41) is 3.49. The van der Waals surface area contributed by atoms with E-state index >= 15 is 0 Å². The maximum Gasteiger partial charge on any atom is 0 e. The standard InChI is InChI=1S/C4H4NO.Y/c1-4-2-3-6-5-4;/h2H,1H3;/q-1;. The van der Waals surface area contributed by atoms with Gasteiger partial charge in [-0.05, 0) is 6.26 Å². The van der Waals surface area contributed by atoms with Crippen LogP contribution in [-0.4, -0.2) is 5.16 Å². The van der Waals surface area contributed by atoms with Crippen molar-refractivity contribution in [3.8, 4) is 0 Å². The van der Waals surface area contributed by atoms with Crippen LogP contribution in [-0.2, 0) is 32.7 Å². The van der Waals surface area contributed by atoms with Gasteiger partial charge in [-0.1, -0.05) is 12.6 Å². The second kappa shape index (κ2) is 3.33. The topological polar surface area (TPSA) is 26.0 Å². The summed E-state index contributed by atoms with van der Waals surface area (Å²) < 4.78 is 4.34. The molecule has 0 bridgehead atoms. The van der Waals surface area contributed by atoms with Gasteiger partial charge in [0.15, 0.2) is 0 Å². The molecule has 35 valence electrons. The van der Waals surface area contributed by atoms with Gasteiger partial charge >= 0.3 is 0 Å². The van der Waals surface area contributed by atoms with Gasteiger partial charge in [-0.15, -0.1) is 0 Å². The smallest absolute Gasteiger partial charge is 0 e. The zero-order valence-corrected chi connectivity index (χ0v) is 6.85. The first-order valence-corrected chi connectivity index (χ1v) is 1.69. The molecule has 0 N–H and O–H groups in total. The number of aromatic nitrogens is 1. The van der Waals surface area contributed by atoms with Gasteiger partial charge in [0, 0.05) is 32.7 Å². The molecular weight excluding hydrogens is 167 g/mol. The average molecular weight is 171 g/mol. The summed E-state index contributed by atoms with van der Waals surface area (Å²) in [7, 11) is 0. The minimum atomic E-state index is 0. The Labute approximate surface area is 67.1 Å². The number of hydrogen-bond acceptors (Lipinski definition) is 2. The van der Waals surface area contributed by atoms with Crippen LogP contribution in [0.3, 0.4) is 0 Å². The quantitative estimate of drug-likeness (QED) is 0.539. The fraction of sp³-hybridized carbons (Fsp3) is 0.250. The van der Waals surface area contributed by atoms with Crippen molar-refractivity contribution in [3.63, 3.8) is 0 Å². The second-order valence-corrected chi connectivity index (χ2v) is 1.09. The van der Waals surface area contributed by atoms with E-state index in [-0.39, 0.29) is 32.7 Å². The number of aryl methyl sites for hydroxylation is 1. The van der Waals surface area contributed by atoms with E-state index in [1.54, 1.807) is 6.07 Å². The van der Waals surface area contributed by atoms with Crippen molar-refractivity contribution in [1.82, 2.24) is 5.16 Å². The predicted molar refractivity (Wildman–Crippen MR) is 20.1 cm³/mol. The molecule has 1 heterocycles. The Hall–Kier alpha value is 0.314. The first-order valence-electron chi connectivity index (χ1n) is 1.69. The third-order valence-corrected chi connectivity index (χ3v) is 0.510. The molecule has 0 unspecified atom stereocenters. The third-order valence-electron chi connectivity index (χ3n) is 0.510. The van der Waals surface area contributed by atoms with Gasteiger partial charge in [0.2, 0.25) is 0 Å². The van der Waals surface area contributed by atoms with Crippen LogP contribution in [0.1, 0.15) is 5.69 Å². The van der Waals surface area contributed by atoms with E-state index < -0.39 is 0 Å². The predicted octanol–water partition coefficient (Wildman–Crippen LogP) is 0.781. The molecule has 0 saturated carbocycles. The molecule has 0 aliphatic carbocycles. The Bertz CT molecular complexity index is 115. The molecule has 0 amide bonds. The van der Waals surface area contributed by atoms with Crippen molar-refractivity contribution in [2.24, 2.45) is 0 Å². The summed E-state index contributed by atoms with van der Waals surface area (Å²) in [5.41, 5.74) is 0.870. The summed E-state index contributed by atoms with van der Waals surface area (Å²) >= 11 is 0. The van der Waals surface area contributed by atoms with Gasteiger partial charge in [-0.2, -0.15) is 6.07 Å². The van der Waals surface area contributed by atoms with Gasteiger partial charge in [0.1, 0.15) is 0 Å². The number of nitrogens with zero attached hydrogens (tertiary/aromatic N) is 1. The van der Waals surface area contributed by atoms with Crippen LogP contribution in [0.2, 0.25) is 0 Å². The van der Waals surface area contributed by atoms with E-state index in [0.717, 1.165) is 5.69 Å². The van der Waals surface area contributed by atoms with Crippen molar-refractivity contribution in [2.75, 3.05) is 0 Å². The van der Waals surface area contributed by atoms with Crippen molar-refractivity contribution >= 4 is 0 Å². The Morgan fingerprint density at radius 1 is 1.86 bits per heavy atom. The van der Waals surface area contributed by atoms with Crippen LogP contribution in [0.5, 0.6) is 0 Å². The van der Waals surface area contributed by atoms with Crippen LogP contribution in [0.25, 0.3) is 0 Å². The van der Waals surface area contributed by atoms with Gasteiger partial charge < -0.3 is 4.52 Å². The van der Waals surface area contributed by atoms with E-state index in [1.807, 2.05) is 6.92 Å².